The maximum Gasteiger partial charge on any atom is 0.256 e. The number of para-hydroxylation sites is 2. The van der Waals surface area contributed by atoms with E-state index in [9.17, 15) is 0 Å². The molecular formula is C13H14N2OS. The molecule has 1 aromatic carbocycles. The first-order chi connectivity index (χ1) is 8.11. The Labute approximate surface area is 105 Å². The van der Waals surface area contributed by atoms with Crippen molar-refractivity contribution in [1.29, 1.82) is 5.26 Å². The maximum absolute atomic E-state index is 8.91. The topological polar surface area (TPSA) is 49.8 Å². The highest BCUT2D eigenvalue weighted by molar-refractivity contribution is 7.99. The van der Waals surface area contributed by atoms with Gasteiger partial charge in [0, 0.05) is 5.75 Å². The van der Waals surface area contributed by atoms with Crippen LogP contribution >= 0.6 is 11.8 Å². The Balaban J connectivity index is 1.98. The van der Waals surface area contributed by atoms with E-state index in [2.05, 4.69) is 11.1 Å². The highest BCUT2D eigenvalue weighted by Gasteiger charge is 2.16. The highest BCUT2D eigenvalue weighted by atomic mass is 32.2. The second-order valence-electron chi connectivity index (χ2n) is 4.54. The molecule has 1 heterocycles. The van der Waals surface area contributed by atoms with Gasteiger partial charge >= 0.3 is 0 Å². The fourth-order valence-corrected chi connectivity index (χ4v) is 2.46. The smallest absolute Gasteiger partial charge is 0.256 e. The van der Waals surface area contributed by atoms with Crippen LogP contribution in [0.15, 0.2) is 33.9 Å². The molecule has 4 heteroatoms. The number of hydrogen-bond donors (Lipinski definition) is 0. The molecule has 0 radical (unpaired) electrons. The first kappa shape index (κ1) is 12.0. The molecule has 0 fully saturated rings. The van der Waals surface area contributed by atoms with Gasteiger partial charge in [0.15, 0.2) is 5.58 Å². The van der Waals surface area contributed by atoms with E-state index in [-0.39, 0.29) is 5.41 Å². The number of aromatic nitrogens is 1. The number of fused-ring (bicyclic) bond motifs is 1. The lowest BCUT2D eigenvalue weighted by Crippen LogP contribution is -2.08. The molecule has 0 spiro atoms. The maximum atomic E-state index is 8.91. The van der Waals surface area contributed by atoms with Crippen LogP contribution in [-0.4, -0.2) is 10.7 Å². The standard InChI is InChI=1S/C13H14N2OS/c1-13(2,9-14)7-8-17-12-15-10-5-3-4-6-11(10)16-12/h3-6H,7-8H2,1-2H3. The summed E-state index contributed by atoms with van der Waals surface area (Å²) in [5.74, 6) is 0.841. The zero-order valence-corrected chi connectivity index (χ0v) is 10.8. The summed E-state index contributed by atoms with van der Waals surface area (Å²) in [4.78, 5) is 4.37. The molecule has 0 N–H and O–H groups in total. The Morgan fingerprint density at radius 1 is 1.41 bits per heavy atom. The molecule has 2 aromatic rings. The highest BCUT2D eigenvalue weighted by Crippen LogP contribution is 2.27. The minimum absolute atomic E-state index is 0.279. The Hall–Kier alpha value is -1.47. The van der Waals surface area contributed by atoms with Crippen LogP contribution in [0.1, 0.15) is 20.3 Å². The molecule has 0 aliphatic heterocycles. The fourth-order valence-electron chi connectivity index (χ4n) is 1.36. The van der Waals surface area contributed by atoms with E-state index < -0.39 is 0 Å². The SMILES string of the molecule is CC(C)(C#N)CCSc1nc2ccccc2o1. The third kappa shape index (κ3) is 3.01. The van der Waals surface area contributed by atoms with Gasteiger partial charge in [-0.3, -0.25) is 0 Å². The Bertz CT molecular complexity index is 521. The van der Waals surface area contributed by atoms with Crippen LogP contribution in [0.5, 0.6) is 0 Å². The van der Waals surface area contributed by atoms with E-state index in [1.807, 2.05) is 38.1 Å². The number of oxazole rings is 1. The van der Waals surface area contributed by atoms with Crippen LogP contribution in [0, 0.1) is 16.7 Å². The van der Waals surface area contributed by atoms with Gasteiger partial charge in [0.05, 0.1) is 11.5 Å². The summed E-state index contributed by atoms with van der Waals surface area (Å²) in [6, 6.07) is 10.0. The first-order valence-electron chi connectivity index (χ1n) is 5.50. The predicted molar refractivity (Wildman–Crippen MR) is 68.7 cm³/mol. The molecule has 0 saturated carbocycles. The van der Waals surface area contributed by atoms with Gasteiger partial charge in [-0.2, -0.15) is 5.26 Å². The molecule has 2 rings (SSSR count). The Morgan fingerprint density at radius 3 is 2.88 bits per heavy atom. The molecule has 0 atom stereocenters. The van der Waals surface area contributed by atoms with Gasteiger partial charge in [0.1, 0.15) is 5.52 Å². The molecule has 0 unspecified atom stereocenters. The molecule has 88 valence electrons. The number of rotatable bonds is 4. The van der Waals surface area contributed by atoms with Crippen LogP contribution < -0.4 is 0 Å². The normalized spacial score (nSPS) is 11.6. The zero-order valence-electron chi connectivity index (χ0n) is 9.93. The van der Waals surface area contributed by atoms with E-state index >= 15 is 0 Å². The number of nitrogens with zero attached hydrogens (tertiary/aromatic N) is 2. The van der Waals surface area contributed by atoms with E-state index in [1.165, 1.54) is 0 Å². The van der Waals surface area contributed by atoms with Crippen molar-refractivity contribution in [1.82, 2.24) is 4.98 Å². The molecule has 0 aliphatic carbocycles. The molecule has 3 nitrogen and oxygen atoms in total. The number of hydrogen-bond acceptors (Lipinski definition) is 4. The van der Waals surface area contributed by atoms with Gasteiger partial charge in [-0.15, -0.1) is 0 Å². The minimum Gasteiger partial charge on any atom is -0.431 e. The van der Waals surface area contributed by atoms with Gasteiger partial charge in [0.2, 0.25) is 0 Å². The molecule has 1 aromatic heterocycles. The third-order valence-electron chi connectivity index (χ3n) is 2.53. The second kappa shape index (κ2) is 4.80. The Kier molecular flexibility index (Phi) is 3.39. The van der Waals surface area contributed by atoms with Crippen LogP contribution in [0.3, 0.4) is 0 Å². The van der Waals surface area contributed by atoms with Gasteiger partial charge in [-0.05, 0) is 32.4 Å². The molecule has 0 aliphatic rings. The minimum atomic E-state index is -0.279. The monoisotopic (exact) mass is 246 g/mol. The summed E-state index contributed by atoms with van der Waals surface area (Å²) in [7, 11) is 0. The summed E-state index contributed by atoms with van der Waals surface area (Å²) in [6.07, 6.45) is 0.826. The summed E-state index contributed by atoms with van der Waals surface area (Å²) in [6.45, 7) is 3.89. The second-order valence-corrected chi connectivity index (χ2v) is 5.59. The summed E-state index contributed by atoms with van der Waals surface area (Å²) < 4.78 is 5.59. The number of nitriles is 1. The van der Waals surface area contributed by atoms with Crippen molar-refractivity contribution >= 4 is 22.9 Å². The van der Waals surface area contributed by atoms with Crippen molar-refractivity contribution in [2.24, 2.45) is 5.41 Å². The van der Waals surface area contributed by atoms with E-state index in [4.69, 9.17) is 9.68 Å². The van der Waals surface area contributed by atoms with Crippen LogP contribution in [0.4, 0.5) is 0 Å². The average Bonchev–Trinajstić information content (AvgIpc) is 2.71. The van der Waals surface area contributed by atoms with Crippen molar-refractivity contribution in [2.45, 2.75) is 25.5 Å². The van der Waals surface area contributed by atoms with Gasteiger partial charge in [-0.1, -0.05) is 23.9 Å². The quantitative estimate of drug-likeness (QED) is 0.769. The molecule has 0 saturated heterocycles. The molecular weight excluding hydrogens is 232 g/mol. The van der Waals surface area contributed by atoms with Crippen molar-refractivity contribution in [3.05, 3.63) is 24.3 Å². The predicted octanol–water partition coefficient (Wildman–Crippen LogP) is 3.86. The average molecular weight is 246 g/mol. The van der Waals surface area contributed by atoms with Crippen molar-refractivity contribution in [3.63, 3.8) is 0 Å². The zero-order chi connectivity index (χ0) is 12.3. The molecule has 0 bridgehead atoms. The first-order valence-corrected chi connectivity index (χ1v) is 6.49. The van der Waals surface area contributed by atoms with Crippen LogP contribution in [0.25, 0.3) is 11.1 Å². The van der Waals surface area contributed by atoms with Crippen molar-refractivity contribution in [2.75, 3.05) is 5.75 Å². The van der Waals surface area contributed by atoms with E-state index in [1.54, 1.807) is 11.8 Å². The lowest BCUT2D eigenvalue weighted by molar-refractivity contribution is 0.473. The van der Waals surface area contributed by atoms with Crippen LogP contribution in [0.2, 0.25) is 0 Å². The third-order valence-corrected chi connectivity index (χ3v) is 3.36. The number of thioether (sulfide) groups is 1. The fraction of sp³-hybridized carbons (Fsp3) is 0.385. The van der Waals surface area contributed by atoms with Crippen molar-refractivity contribution < 1.29 is 4.42 Å². The van der Waals surface area contributed by atoms with Gasteiger partial charge in [-0.25, -0.2) is 4.98 Å². The van der Waals surface area contributed by atoms with Crippen molar-refractivity contribution in [3.8, 4) is 6.07 Å². The largest absolute Gasteiger partial charge is 0.431 e. The molecule has 0 amide bonds. The van der Waals surface area contributed by atoms with E-state index in [0.717, 1.165) is 23.3 Å². The summed E-state index contributed by atoms with van der Waals surface area (Å²) >= 11 is 1.56. The van der Waals surface area contributed by atoms with Gasteiger partial charge < -0.3 is 4.42 Å². The van der Waals surface area contributed by atoms with Gasteiger partial charge in [0.25, 0.3) is 5.22 Å². The lowest BCUT2D eigenvalue weighted by Gasteiger charge is -2.12. The number of benzene rings is 1. The Morgan fingerprint density at radius 2 is 2.18 bits per heavy atom. The lowest BCUT2D eigenvalue weighted by atomic mass is 9.93. The van der Waals surface area contributed by atoms with Crippen LogP contribution in [-0.2, 0) is 0 Å². The summed E-state index contributed by atoms with van der Waals surface area (Å²) in [5.41, 5.74) is 1.42. The molecule has 17 heavy (non-hydrogen) atoms. The van der Waals surface area contributed by atoms with E-state index in [0.29, 0.717) is 5.22 Å². The summed E-state index contributed by atoms with van der Waals surface area (Å²) in [5, 5.41) is 9.59.